The summed E-state index contributed by atoms with van der Waals surface area (Å²) in [5.74, 6) is -1.33. The van der Waals surface area contributed by atoms with E-state index in [1.165, 1.54) is 29.2 Å². The molecule has 0 aliphatic carbocycles. The first-order valence-corrected chi connectivity index (χ1v) is 7.81. The van der Waals surface area contributed by atoms with Crippen LogP contribution in [0.5, 0.6) is 0 Å². The summed E-state index contributed by atoms with van der Waals surface area (Å²) in [6, 6.07) is 5.29. The zero-order valence-electron chi connectivity index (χ0n) is 14.0. The molecule has 130 valence electrons. The van der Waals surface area contributed by atoms with Gasteiger partial charge in [-0.05, 0) is 57.9 Å². The minimum absolute atomic E-state index is 0.143. The Morgan fingerprint density at radius 1 is 1.21 bits per heavy atom. The van der Waals surface area contributed by atoms with Crippen molar-refractivity contribution in [2.45, 2.75) is 45.3 Å². The molecule has 1 fully saturated rings. The third-order valence-electron chi connectivity index (χ3n) is 3.58. The van der Waals surface area contributed by atoms with Crippen LogP contribution in [0.15, 0.2) is 24.3 Å². The highest BCUT2D eigenvalue weighted by Crippen LogP contribution is 2.22. The zero-order valence-corrected chi connectivity index (χ0v) is 14.0. The lowest BCUT2D eigenvalue weighted by Crippen LogP contribution is -2.45. The smallest absolute Gasteiger partial charge is 0.410 e. The van der Waals surface area contributed by atoms with Crippen molar-refractivity contribution in [1.82, 2.24) is 4.90 Å². The molecular formula is C17H22N2O5. The first kappa shape index (κ1) is 17.8. The second-order valence-electron chi connectivity index (χ2n) is 6.70. The minimum Gasteiger partial charge on any atom is -0.478 e. The molecule has 7 nitrogen and oxygen atoms in total. The van der Waals surface area contributed by atoms with E-state index in [1.54, 1.807) is 20.8 Å². The Bertz CT molecular complexity index is 633. The second-order valence-corrected chi connectivity index (χ2v) is 6.70. The third kappa shape index (κ3) is 4.47. The summed E-state index contributed by atoms with van der Waals surface area (Å²) in [7, 11) is 0. The molecule has 0 radical (unpaired) electrons. The van der Waals surface area contributed by atoms with E-state index in [-0.39, 0.29) is 11.5 Å². The van der Waals surface area contributed by atoms with Crippen LogP contribution in [0, 0.1) is 0 Å². The Morgan fingerprint density at radius 3 is 2.38 bits per heavy atom. The maximum Gasteiger partial charge on any atom is 0.410 e. The number of carboxylic acid groups (broad SMARTS) is 1. The Labute approximate surface area is 140 Å². The lowest BCUT2D eigenvalue weighted by molar-refractivity contribution is -0.120. The largest absolute Gasteiger partial charge is 0.478 e. The second kappa shape index (κ2) is 6.90. The monoisotopic (exact) mass is 334 g/mol. The molecule has 0 spiro atoms. The number of amides is 2. The van der Waals surface area contributed by atoms with Gasteiger partial charge in [-0.1, -0.05) is 0 Å². The number of hydrogen-bond donors (Lipinski definition) is 2. The van der Waals surface area contributed by atoms with Gasteiger partial charge in [0.05, 0.1) is 5.56 Å². The number of benzene rings is 1. The Balaban J connectivity index is 2.02. The first-order valence-electron chi connectivity index (χ1n) is 7.81. The summed E-state index contributed by atoms with van der Waals surface area (Å²) in [6.45, 7) is 5.81. The van der Waals surface area contributed by atoms with Crippen molar-refractivity contribution in [2.24, 2.45) is 0 Å². The predicted molar refractivity (Wildman–Crippen MR) is 88.0 cm³/mol. The molecule has 24 heavy (non-hydrogen) atoms. The fraction of sp³-hybridized carbons (Fsp3) is 0.471. The molecule has 0 saturated carbocycles. The van der Waals surface area contributed by atoms with Crippen molar-refractivity contribution in [3.63, 3.8) is 0 Å². The van der Waals surface area contributed by atoms with E-state index < -0.39 is 23.7 Å². The van der Waals surface area contributed by atoms with Crippen molar-refractivity contribution >= 4 is 23.7 Å². The van der Waals surface area contributed by atoms with Crippen LogP contribution in [0.4, 0.5) is 10.5 Å². The fourth-order valence-corrected chi connectivity index (χ4v) is 2.50. The van der Waals surface area contributed by atoms with Crippen molar-refractivity contribution < 1.29 is 24.2 Å². The van der Waals surface area contributed by atoms with Gasteiger partial charge in [0, 0.05) is 12.2 Å². The van der Waals surface area contributed by atoms with Crippen LogP contribution >= 0.6 is 0 Å². The van der Waals surface area contributed by atoms with Crippen LogP contribution < -0.4 is 5.32 Å². The van der Waals surface area contributed by atoms with Gasteiger partial charge in [0.15, 0.2) is 0 Å². The normalized spacial score (nSPS) is 17.5. The number of carbonyl (C=O) groups is 3. The SMILES string of the molecule is CC(C)(C)OC(=O)N1CCC[C@H]1C(=O)Nc1ccc(C(=O)O)cc1. The third-order valence-corrected chi connectivity index (χ3v) is 3.58. The average Bonchev–Trinajstić information content (AvgIpc) is 2.95. The fourth-order valence-electron chi connectivity index (χ4n) is 2.50. The van der Waals surface area contributed by atoms with E-state index in [0.717, 1.165) is 6.42 Å². The van der Waals surface area contributed by atoms with Gasteiger partial charge in [0.2, 0.25) is 5.91 Å². The molecule has 2 N–H and O–H groups in total. The maximum absolute atomic E-state index is 12.4. The van der Waals surface area contributed by atoms with Gasteiger partial charge >= 0.3 is 12.1 Å². The van der Waals surface area contributed by atoms with Crippen LogP contribution in [-0.4, -0.2) is 46.2 Å². The number of nitrogens with one attached hydrogen (secondary N) is 1. The number of aromatic carboxylic acids is 1. The molecule has 1 aromatic carbocycles. The molecule has 1 saturated heterocycles. The maximum atomic E-state index is 12.4. The van der Waals surface area contributed by atoms with Crippen LogP contribution in [0.2, 0.25) is 0 Å². The number of rotatable bonds is 3. The highest BCUT2D eigenvalue weighted by Gasteiger charge is 2.36. The molecule has 0 aromatic heterocycles. The lowest BCUT2D eigenvalue weighted by Gasteiger charge is -2.28. The number of anilines is 1. The van der Waals surface area contributed by atoms with E-state index in [0.29, 0.717) is 18.7 Å². The number of hydrogen-bond acceptors (Lipinski definition) is 4. The zero-order chi connectivity index (χ0) is 17.9. The van der Waals surface area contributed by atoms with E-state index in [4.69, 9.17) is 9.84 Å². The van der Waals surface area contributed by atoms with E-state index >= 15 is 0 Å². The van der Waals surface area contributed by atoms with Gasteiger partial charge < -0.3 is 15.2 Å². The summed E-state index contributed by atoms with van der Waals surface area (Å²) >= 11 is 0. The average molecular weight is 334 g/mol. The summed E-state index contributed by atoms with van der Waals surface area (Å²) in [5, 5.41) is 11.6. The van der Waals surface area contributed by atoms with Crippen LogP contribution in [0.1, 0.15) is 44.0 Å². The molecule has 1 aliphatic heterocycles. The standard InChI is InChI=1S/C17H22N2O5/c1-17(2,3)24-16(23)19-10-4-5-13(19)14(20)18-12-8-6-11(7-9-12)15(21)22/h6-9,13H,4-5,10H2,1-3H3,(H,18,20)(H,21,22)/t13-/m0/s1. The minimum atomic E-state index is -1.03. The molecule has 7 heteroatoms. The summed E-state index contributed by atoms with van der Waals surface area (Å²) in [5.41, 5.74) is 0.0122. The summed E-state index contributed by atoms with van der Waals surface area (Å²) < 4.78 is 5.34. The highest BCUT2D eigenvalue weighted by molar-refractivity contribution is 5.97. The molecule has 1 heterocycles. The van der Waals surface area contributed by atoms with Crippen LogP contribution in [-0.2, 0) is 9.53 Å². The molecule has 2 amide bonds. The van der Waals surface area contributed by atoms with Crippen molar-refractivity contribution in [1.29, 1.82) is 0 Å². The van der Waals surface area contributed by atoms with E-state index in [2.05, 4.69) is 5.32 Å². The van der Waals surface area contributed by atoms with Gasteiger partial charge in [-0.15, -0.1) is 0 Å². The number of ether oxygens (including phenoxy) is 1. The highest BCUT2D eigenvalue weighted by atomic mass is 16.6. The molecule has 1 aliphatic rings. The molecular weight excluding hydrogens is 312 g/mol. The molecule has 1 atom stereocenters. The van der Waals surface area contributed by atoms with Gasteiger partial charge in [-0.3, -0.25) is 9.69 Å². The lowest BCUT2D eigenvalue weighted by atomic mass is 10.1. The first-order chi connectivity index (χ1) is 11.2. The van der Waals surface area contributed by atoms with Gasteiger partial charge in [0.25, 0.3) is 0 Å². The van der Waals surface area contributed by atoms with Gasteiger partial charge in [0.1, 0.15) is 11.6 Å². The Hall–Kier alpha value is -2.57. The number of nitrogens with zero attached hydrogens (tertiary/aromatic N) is 1. The van der Waals surface area contributed by atoms with Crippen molar-refractivity contribution in [2.75, 3.05) is 11.9 Å². The van der Waals surface area contributed by atoms with Crippen molar-refractivity contribution in [3.8, 4) is 0 Å². The van der Waals surface area contributed by atoms with Gasteiger partial charge in [-0.25, -0.2) is 9.59 Å². The molecule has 1 aromatic rings. The Morgan fingerprint density at radius 2 is 1.83 bits per heavy atom. The summed E-state index contributed by atoms with van der Waals surface area (Å²) in [4.78, 5) is 36.9. The van der Waals surface area contributed by atoms with E-state index in [1.807, 2.05) is 0 Å². The van der Waals surface area contributed by atoms with E-state index in [9.17, 15) is 14.4 Å². The summed E-state index contributed by atoms with van der Waals surface area (Å²) in [6.07, 6.45) is 0.800. The van der Waals surface area contributed by atoms with Gasteiger partial charge in [-0.2, -0.15) is 0 Å². The van der Waals surface area contributed by atoms with Crippen LogP contribution in [0.25, 0.3) is 0 Å². The number of carbonyl (C=O) groups excluding carboxylic acids is 2. The van der Waals surface area contributed by atoms with Crippen LogP contribution in [0.3, 0.4) is 0 Å². The molecule has 2 rings (SSSR count). The predicted octanol–water partition coefficient (Wildman–Crippen LogP) is 2.72. The topological polar surface area (TPSA) is 95.9 Å². The Kier molecular flexibility index (Phi) is 5.11. The van der Waals surface area contributed by atoms with Crippen molar-refractivity contribution in [3.05, 3.63) is 29.8 Å². The number of likely N-dealkylation sites (tertiary alicyclic amines) is 1. The quantitative estimate of drug-likeness (QED) is 0.886. The molecule has 0 bridgehead atoms. The molecule has 0 unspecified atom stereocenters. The number of carboxylic acids is 1.